The molecule has 6 heteroatoms. The smallest absolute Gasteiger partial charge is 0.233 e. The molecule has 2 aromatic rings. The first-order valence-electron chi connectivity index (χ1n) is 7.21. The lowest BCUT2D eigenvalue weighted by Crippen LogP contribution is -2.11. The van der Waals surface area contributed by atoms with Crippen molar-refractivity contribution in [3.8, 4) is 0 Å². The van der Waals surface area contributed by atoms with Crippen LogP contribution in [-0.4, -0.2) is 28.0 Å². The predicted molar refractivity (Wildman–Crippen MR) is 87.4 cm³/mol. The first-order chi connectivity index (χ1) is 10.1. The van der Waals surface area contributed by atoms with Crippen LogP contribution in [0.2, 0.25) is 0 Å². The van der Waals surface area contributed by atoms with Crippen molar-refractivity contribution in [1.29, 1.82) is 0 Å². The van der Waals surface area contributed by atoms with Crippen molar-refractivity contribution in [3.63, 3.8) is 0 Å². The number of nitrogens with zero attached hydrogens (tertiary/aromatic N) is 3. The zero-order valence-electron chi connectivity index (χ0n) is 13.0. The van der Waals surface area contributed by atoms with Gasteiger partial charge in [-0.1, -0.05) is 12.1 Å². The summed E-state index contributed by atoms with van der Waals surface area (Å²) in [5.74, 6) is 1.66. The molecule has 1 aromatic heterocycles. The molecule has 112 valence electrons. The van der Waals surface area contributed by atoms with Crippen LogP contribution < -0.4 is 16.0 Å². The van der Waals surface area contributed by atoms with Crippen molar-refractivity contribution in [3.05, 3.63) is 29.3 Å². The van der Waals surface area contributed by atoms with E-state index >= 15 is 0 Å². The summed E-state index contributed by atoms with van der Waals surface area (Å²) in [6.07, 6.45) is 0. The molecule has 0 radical (unpaired) electrons. The molecule has 0 aliphatic heterocycles. The highest BCUT2D eigenvalue weighted by Gasteiger charge is 2.07. The molecule has 21 heavy (non-hydrogen) atoms. The number of aromatic nitrogens is 3. The van der Waals surface area contributed by atoms with Crippen LogP contribution in [0.1, 0.15) is 25.0 Å². The van der Waals surface area contributed by atoms with Gasteiger partial charge >= 0.3 is 0 Å². The summed E-state index contributed by atoms with van der Waals surface area (Å²) in [6, 6.07) is 6.12. The third kappa shape index (κ3) is 3.81. The van der Waals surface area contributed by atoms with E-state index in [1.54, 1.807) is 0 Å². The SMILES string of the molecule is CCNc1nc(NCC)nc(Nc2cccc(C)c2C)n1. The molecule has 0 aliphatic rings. The summed E-state index contributed by atoms with van der Waals surface area (Å²) in [7, 11) is 0. The van der Waals surface area contributed by atoms with E-state index in [0.29, 0.717) is 17.8 Å². The summed E-state index contributed by atoms with van der Waals surface area (Å²) in [5.41, 5.74) is 3.42. The Hall–Kier alpha value is -2.37. The number of nitrogens with one attached hydrogen (secondary N) is 3. The maximum Gasteiger partial charge on any atom is 0.233 e. The third-order valence-electron chi connectivity index (χ3n) is 3.16. The van der Waals surface area contributed by atoms with Crippen LogP contribution in [0.3, 0.4) is 0 Å². The lowest BCUT2D eigenvalue weighted by atomic mass is 10.1. The number of aryl methyl sites for hydroxylation is 1. The van der Waals surface area contributed by atoms with Gasteiger partial charge in [-0.3, -0.25) is 0 Å². The van der Waals surface area contributed by atoms with Gasteiger partial charge in [0, 0.05) is 18.8 Å². The van der Waals surface area contributed by atoms with E-state index in [0.717, 1.165) is 18.8 Å². The molecule has 0 bridgehead atoms. The highest BCUT2D eigenvalue weighted by atomic mass is 15.3. The zero-order chi connectivity index (χ0) is 15.2. The second-order valence-electron chi connectivity index (χ2n) is 4.74. The average molecular weight is 286 g/mol. The fourth-order valence-electron chi connectivity index (χ4n) is 1.91. The lowest BCUT2D eigenvalue weighted by Gasteiger charge is -2.12. The third-order valence-corrected chi connectivity index (χ3v) is 3.16. The van der Waals surface area contributed by atoms with Crippen LogP contribution in [0, 0.1) is 13.8 Å². The minimum absolute atomic E-state index is 0.533. The van der Waals surface area contributed by atoms with Crippen molar-refractivity contribution in [2.45, 2.75) is 27.7 Å². The van der Waals surface area contributed by atoms with Crippen molar-refractivity contribution in [2.75, 3.05) is 29.0 Å². The number of anilines is 4. The van der Waals surface area contributed by atoms with E-state index in [1.807, 2.05) is 26.0 Å². The molecule has 0 saturated carbocycles. The molecular weight excluding hydrogens is 264 g/mol. The Morgan fingerprint density at radius 1 is 0.857 bits per heavy atom. The molecule has 0 unspecified atom stereocenters. The Kier molecular flexibility index (Phi) is 4.92. The summed E-state index contributed by atoms with van der Waals surface area (Å²) < 4.78 is 0. The maximum absolute atomic E-state index is 4.39. The van der Waals surface area contributed by atoms with Gasteiger partial charge in [0.1, 0.15) is 0 Å². The first kappa shape index (κ1) is 15.0. The molecule has 0 spiro atoms. The molecule has 1 aromatic carbocycles. The van der Waals surface area contributed by atoms with Crippen LogP contribution in [0.15, 0.2) is 18.2 Å². The van der Waals surface area contributed by atoms with E-state index in [1.165, 1.54) is 11.1 Å². The van der Waals surface area contributed by atoms with Gasteiger partial charge in [-0.15, -0.1) is 0 Å². The number of hydrogen-bond donors (Lipinski definition) is 3. The van der Waals surface area contributed by atoms with Crippen LogP contribution in [0.4, 0.5) is 23.5 Å². The Bertz CT molecular complexity index is 587. The summed E-state index contributed by atoms with van der Waals surface area (Å²) in [4.78, 5) is 13.1. The normalized spacial score (nSPS) is 10.3. The van der Waals surface area contributed by atoms with Gasteiger partial charge in [0.25, 0.3) is 0 Å². The Morgan fingerprint density at radius 3 is 2.00 bits per heavy atom. The van der Waals surface area contributed by atoms with Gasteiger partial charge in [0.15, 0.2) is 0 Å². The molecule has 0 atom stereocenters. The monoisotopic (exact) mass is 286 g/mol. The second kappa shape index (κ2) is 6.88. The molecule has 0 amide bonds. The summed E-state index contributed by atoms with van der Waals surface area (Å²) in [6.45, 7) is 9.71. The molecule has 6 nitrogen and oxygen atoms in total. The molecule has 1 heterocycles. The van der Waals surface area contributed by atoms with Gasteiger partial charge in [-0.05, 0) is 44.9 Å². The van der Waals surface area contributed by atoms with E-state index in [9.17, 15) is 0 Å². The van der Waals surface area contributed by atoms with Gasteiger partial charge in [0.2, 0.25) is 17.8 Å². The highest BCUT2D eigenvalue weighted by molar-refractivity contribution is 5.61. The Labute approximate surface area is 125 Å². The fourth-order valence-corrected chi connectivity index (χ4v) is 1.91. The molecule has 0 aliphatic carbocycles. The van der Waals surface area contributed by atoms with Crippen LogP contribution >= 0.6 is 0 Å². The minimum Gasteiger partial charge on any atom is -0.354 e. The molecule has 2 rings (SSSR count). The quantitative estimate of drug-likeness (QED) is 0.757. The minimum atomic E-state index is 0.533. The predicted octanol–water partition coefficient (Wildman–Crippen LogP) is 3.10. The van der Waals surface area contributed by atoms with E-state index in [4.69, 9.17) is 0 Å². The van der Waals surface area contributed by atoms with Crippen molar-refractivity contribution in [2.24, 2.45) is 0 Å². The van der Waals surface area contributed by atoms with Crippen LogP contribution in [-0.2, 0) is 0 Å². The number of benzene rings is 1. The summed E-state index contributed by atoms with van der Waals surface area (Å²) >= 11 is 0. The molecule has 0 saturated heterocycles. The van der Waals surface area contributed by atoms with Crippen molar-refractivity contribution in [1.82, 2.24) is 15.0 Å². The largest absolute Gasteiger partial charge is 0.354 e. The van der Waals surface area contributed by atoms with Crippen LogP contribution in [0.5, 0.6) is 0 Å². The van der Waals surface area contributed by atoms with Gasteiger partial charge < -0.3 is 16.0 Å². The fraction of sp³-hybridized carbons (Fsp3) is 0.400. The zero-order valence-corrected chi connectivity index (χ0v) is 13.0. The molecule has 0 fully saturated rings. The van der Waals surface area contributed by atoms with Gasteiger partial charge in [-0.2, -0.15) is 15.0 Å². The van der Waals surface area contributed by atoms with Gasteiger partial charge in [0.05, 0.1) is 0 Å². The Balaban J connectivity index is 2.31. The molecule has 3 N–H and O–H groups in total. The van der Waals surface area contributed by atoms with Crippen molar-refractivity contribution < 1.29 is 0 Å². The van der Waals surface area contributed by atoms with E-state index in [2.05, 4.69) is 50.8 Å². The van der Waals surface area contributed by atoms with Crippen molar-refractivity contribution >= 4 is 23.5 Å². The van der Waals surface area contributed by atoms with E-state index in [-0.39, 0.29) is 0 Å². The van der Waals surface area contributed by atoms with E-state index < -0.39 is 0 Å². The molecular formula is C15H22N6. The second-order valence-corrected chi connectivity index (χ2v) is 4.74. The number of rotatable bonds is 6. The first-order valence-corrected chi connectivity index (χ1v) is 7.21. The van der Waals surface area contributed by atoms with Gasteiger partial charge in [-0.25, -0.2) is 0 Å². The summed E-state index contributed by atoms with van der Waals surface area (Å²) in [5, 5.41) is 9.50. The standard InChI is InChI=1S/C15H22N6/c1-5-16-13-19-14(17-6-2)21-15(20-13)18-12-9-7-8-10(3)11(12)4/h7-9H,5-6H2,1-4H3,(H3,16,17,18,19,20,21). The van der Waals surface area contributed by atoms with Crippen LogP contribution in [0.25, 0.3) is 0 Å². The topological polar surface area (TPSA) is 74.8 Å². The maximum atomic E-state index is 4.39. The lowest BCUT2D eigenvalue weighted by molar-refractivity contribution is 1.00. The Morgan fingerprint density at radius 2 is 1.43 bits per heavy atom. The number of hydrogen-bond acceptors (Lipinski definition) is 6. The average Bonchev–Trinajstić information content (AvgIpc) is 2.44. The highest BCUT2D eigenvalue weighted by Crippen LogP contribution is 2.21.